The van der Waals surface area contributed by atoms with Crippen molar-refractivity contribution in [2.24, 2.45) is 0 Å². The van der Waals surface area contributed by atoms with Crippen LogP contribution in [-0.2, 0) is 24.5 Å². The number of furan rings is 1. The van der Waals surface area contributed by atoms with E-state index in [0.717, 1.165) is 40.2 Å². The number of nitrogens with one attached hydrogen (secondary N) is 1. The predicted molar refractivity (Wildman–Crippen MR) is 95.1 cm³/mol. The minimum atomic E-state index is 0.524. The second-order valence-corrected chi connectivity index (χ2v) is 5.65. The van der Waals surface area contributed by atoms with Crippen LogP contribution in [-0.4, -0.2) is 13.7 Å². The first-order chi connectivity index (χ1) is 11.8. The van der Waals surface area contributed by atoms with Crippen LogP contribution in [0.15, 0.2) is 52.9 Å². The van der Waals surface area contributed by atoms with Gasteiger partial charge in [-0.05, 0) is 30.3 Å². The number of hydrogen-bond donors (Lipinski definition) is 1. The third-order valence-corrected chi connectivity index (χ3v) is 3.92. The number of benzene rings is 2. The molecule has 0 bridgehead atoms. The van der Waals surface area contributed by atoms with Crippen molar-refractivity contribution in [3.05, 3.63) is 65.4 Å². The molecule has 0 saturated carbocycles. The van der Waals surface area contributed by atoms with Crippen LogP contribution >= 0.6 is 0 Å². The number of hydrogen-bond acceptors (Lipinski definition) is 4. The van der Waals surface area contributed by atoms with E-state index >= 15 is 0 Å². The summed E-state index contributed by atoms with van der Waals surface area (Å²) in [4.78, 5) is 0. The summed E-state index contributed by atoms with van der Waals surface area (Å²) in [5, 5.41) is 4.36. The maximum atomic E-state index is 5.97. The van der Waals surface area contributed by atoms with Gasteiger partial charge in [0.15, 0.2) is 0 Å². The van der Waals surface area contributed by atoms with Crippen molar-refractivity contribution in [1.29, 1.82) is 0 Å². The molecule has 2 aromatic carbocycles. The molecule has 0 aliphatic carbocycles. The summed E-state index contributed by atoms with van der Waals surface area (Å²) in [6.07, 6.45) is 0. The highest BCUT2D eigenvalue weighted by Crippen LogP contribution is 2.30. The fourth-order valence-corrected chi connectivity index (χ4v) is 2.69. The molecule has 0 radical (unpaired) electrons. The normalized spacial score (nSPS) is 11.1. The van der Waals surface area contributed by atoms with Gasteiger partial charge >= 0.3 is 0 Å². The second-order valence-electron chi connectivity index (χ2n) is 5.65. The quantitative estimate of drug-likeness (QED) is 0.672. The Hall–Kier alpha value is -2.30. The van der Waals surface area contributed by atoms with Crippen LogP contribution in [0.3, 0.4) is 0 Å². The minimum Gasteiger partial charge on any atom is -0.489 e. The molecule has 1 aromatic heterocycles. The Bertz CT molecular complexity index is 780. The summed E-state index contributed by atoms with van der Waals surface area (Å²) in [5.41, 5.74) is 3.09. The summed E-state index contributed by atoms with van der Waals surface area (Å²) in [5.74, 6) is 1.76. The second kappa shape index (κ2) is 7.99. The first-order valence-corrected chi connectivity index (χ1v) is 8.22. The smallest absolute Gasteiger partial charge is 0.135 e. The Labute approximate surface area is 142 Å². The molecule has 0 aliphatic rings. The maximum absolute atomic E-state index is 5.97. The van der Waals surface area contributed by atoms with Crippen LogP contribution in [0.5, 0.6) is 5.75 Å². The van der Waals surface area contributed by atoms with E-state index in [1.807, 2.05) is 36.4 Å². The Morgan fingerprint density at radius 1 is 1.04 bits per heavy atom. The molecule has 3 rings (SSSR count). The molecule has 0 unspecified atom stereocenters. The molecule has 1 N–H and O–H groups in total. The number of fused-ring (bicyclic) bond motifs is 1. The fraction of sp³-hybridized carbons (Fsp3) is 0.300. The SMILES string of the molecule is CCNCc1oc2ccc(OCc3ccccc3)cc2c1COC. The fourth-order valence-electron chi connectivity index (χ4n) is 2.69. The van der Waals surface area contributed by atoms with E-state index < -0.39 is 0 Å². The highest BCUT2D eigenvalue weighted by atomic mass is 16.5. The van der Waals surface area contributed by atoms with E-state index in [2.05, 4.69) is 24.4 Å². The van der Waals surface area contributed by atoms with E-state index in [-0.39, 0.29) is 0 Å². The lowest BCUT2D eigenvalue weighted by molar-refractivity contribution is 0.183. The summed E-state index contributed by atoms with van der Waals surface area (Å²) < 4.78 is 17.3. The molecule has 0 aliphatic heterocycles. The van der Waals surface area contributed by atoms with Crippen LogP contribution in [0.2, 0.25) is 0 Å². The molecule has 0 spiro atoms. The van der Waals surface area contributed by atoms with Gasteiger partial charge < -0.3 is 19.2 Å². The van der Waals surface area contributed by atoms with Crippen molar-refractivity contribution < 1.29 is 13.9 Å². The van der Waals surface area contributed by atoms with Crippen LogP contribution in [0.1, 0.15) is 23.8 Å². The third kappa shape index (κ3) is 3.78. The molecule has 126 valence electrons. The Morgan fingerprint density at radius 2 is 1.88 bits per heavy atom. The maximum Gasteiger partial charge on any atom is 0.135 e. The standard InChI is InChI=1S/C20H23NO3/c1-3-21-12-20-18(14-22-2)17-11-16(9-10-19(17)24-20)23-13-15-7-5-4-6-8-15/h4-11,21H,3,12-14H2,1-2H3. The van der Waals surface area contributed by atoms with Gasteiger partial charge in [0.2, 0.25) is 0 Å². The molecule has 0 amide bonds. The first kappa shape index (κ1) is 16.6. The zero-order valence-electron chi connectivity index (χ0n) is 14.2. The molecule has 4 nitrogen and oxygen atoms in total. The van der Waals surface area contributed by atoms with Crippen LogP contribution in [0, 0.1) is 0 Å². The topological polar surface area (TPSA) is 43.6 Å². The lowest BCUT2D eigenvalue weighted by Gasteiger charge is -2.07. The van der Waals surface area contributed by atoms with Gasteiger partial charge in [0.1, 0.15) is 23.7 Å². The molecule has 3 aromatic rings. The third-order valence-electron chi connectivity index (χ3n) is 3.92. The summed E-state index contributed by atoms with van der Waals surface area (Å²) in [7, 11) is 1.70. The molecular formula is C20H23NO3. The zero-order valence-corrected chi connectivity index (χ0v) is 14.2. The molecule has 0 saturated heterocycles. The summed E-state index contributed by atoms with van der Waals surface area (Å²) in [6.45, 7) is 4.75. The van der Waals surface area contributed by atoms with Crippen molar-refractivity contribution in [3.63, 3.8) is 0 Å². The average molecular weight is 325 g/mol. The molecule has 1 heterocycles. The van der Waals surface area contributed by atoms with Gasteiger partial charge in [-0.3, -0.25) is 0 Å². The van der Waals surface area contributed by atoms with E-state index in [1.54, 1.807) is 7.11 Å². The Kier molecular flexibility index (Phi) is 5.51. The van der Waals surface area contributed by atoms with E-state index in [0.29, 0.717) is 19.8 Å². The summed E-state index contributed by atoms with van der Waals surface area (Å²) >= 11 is 0. The van der Waals surface area contributed by atoms with Crippen LogP contribution < -0.4 is 10.1 Å². The van der Waals surface area contributed by atoms with Crippen molar-refractivity contribution in [2.75, 3.05) is 13.7 Å². The van der Waals surface area contributed by atoms with Gasteiger partial charge in [-0.2, -0.15) is 0 Å². The lowest BCUT2D eigenvalue weighted by atomic mass is 10.1. The lowest BCUT2D eigenvalue weighted by Crippen LogP contribution is -2.12. The van der Waals surface area contributed by atoms with Crippen molar-refractivity contribution in [2.45, 2.75) is 26.7 Å². The molecule has 4 heteroatoms. The largest absolute Gasteiger partial charge is 0.489 e. The van der Waals surface area contributed by atoms with Crippen molar-refractivity contribution in [1.82, 2.24) is 5.32 Å². The van der Waals surface area contributed by atoms with E-state index in [1.165, 1.54) is 0 Å². The van der Waals surface area contributed by atoms with Gasteiger partial charge in [0.25, 0.3) is 0 Å². The first-order valence-electron chi connectivity index (χ1n) is 8.22. The number of methoxy groups -OCH3 is 1. The Morgan fingerprint density at radius 3 is 2.62 bits per heavy atom. The molecule has 0 atom stereocenters. The van der Waals surface area contributed by atoms with Crippen molar-refractivity contribution >= 4 is 11.0 Å². The number of ether oxygens (including phenoxy) is 2. The summed E-state index contributed by atoms with van der Waals surface area (Å²) in [6, 6.07) is 16.1. The molecule has 0 fully saturated rings. The van der Waals surface area contributed by atoms with Crippen LogP contribution in [0.4, 0.5) is 0 Å². The zero-order chi connectivity index (χ0) is 16.8. The predicted octanol–water partition coefficient (Wildman–Crippen LogP) is 4.27. The molecular weight excluding hydrogens is 302 g/mol. The van der Waals surface area contributed by atoms with Gasteiger partial charge in [-0.1, -0.05) is 37.3 Å². The average Bonchev–Trinajstić information content (AvgIpc) is 2.96. The number of rotatable bonds is 8. The minimum absolute atomic E-state index is 0.524. The van der Waals surface area contributed by atoms with Gasteiger partial charge in [0.05, 0.1) is 13.2 Å². The Balaban J connectivity index is 1.84. The van der Waals surface area contributed by atoms with Crippen LogP contribution in [0.25, 0.3) is 11.0 Å². The van der Waals surface area contributed by atoms with Crippen molar-refractivity contribution in [3.8, 4) is 5.75 Å². The monoisotopic (exact) mass is 325 g/mol. The van der Waals surface area contributed by atoms with E-state index in [4.69, 9.17) is 13.9 Å². The van der Waals surface area contributed by atoms with Gasteiger partial charge in [0, 0.05) is 18.1 Å². The van der Waals surface area contributed by atoms with E-state index in [9.17, 15) is 0 Å². The van der Waals surface area contributed by atoms with Gasteiger partial charge in [-0.15, -0.1) is 0 Å². The molecule has 24 heavy (non-hydrogen) atoms. The highest BCUT2D eigenvalue weighted by Gasteiger charge is 2.14. The van der Waals surface area contributed by atoms with Gasteiger partial charge in [-0.25, -0.2) is 0 Å². The highest BCUT2D eigenvalue weighted by molar-refractivity contribution is 5.83.